The summed E-state index contributed by atoms with van der Waals surface area (Å²) in [4.78, 5) is 32.7. The maximum atomic E-state index is 12.1. The van der Waals surface area contributed by atoms with Crippen molar-refractivity contribution < 1.29 is 19.8 Å². The van der Waals surface area contributed by atoms with Gasteiger partial charge in [0.2, 0.25) is 0 Å². The second kappa shape index (κ2) is 5.85. The van der Waals surface area contributed by atoms with Crippen LogP contribution in [0.2, 0.25) is 0 Å². The molecule has 3 aromatic rings. The van der Waals surface area contributed by atoms with Crippen molar-refractivity contribution >= 4 is 33.8 Å². The average Bonchev–Trinajstić information content (AvgIpc) is 2.57. The SMILES string of the molecule is CC1(O)CC(=O)CC(c2cccc3nc4c(C(=O)O)cccc4nc23)C1. The van der Waals surface area contributed by atoms with Crippen molar-refractivity contribution in [3.05, 3.63) is 47.5 Å². The minimum Gasteiger partial charge on any atom is -0.478 e. The van der Waals surface area contributed by atoms with Gasteiger partial charge < -0.3 is 10.2 Å². The van der Waals surface area contributed by atoms with Gasteiger partial charge in [0, 0.05) is 12.8 Å². The standard InChI is InChI=1S/C20H18N2O4/c1-20(26)9-11(8-12(23)10-20)13-4-2-6-15-17(13)21-16-7-3-5-14(19(24)25)18(16)22-15/h2-7,11,26H,8-10H2,1H3,(H,24,25). The number of carbonyl (C=O) groups is 2. The molecule has 1 aromatic heterocycles. The molecule has 6 nitrogen and oxygen atoms in total. The number of aliphatic hydroxyl groups is 1. The number of carboxylic acid groups (broad SMARTS) is 1. The lowest BCUT2D eigenvalue weighted by Gasteiger charge is -2.33. The monoisotopic (exact) mass is 350 g/mol. The smallest absolute Gasteiger partial charge is 0.337 e. The Hall–Kier alpha value is -2.86. The van der Waals surface area contributed by atoms with Crippen molar-refractivity contribution in [3.8, 4) is 0 Å². The Balaban J connectivity index is 1.92. The largest absolute Gasteiger partial charge is 0.478 e. The molecule has 2 aromatic carbocycles. The van der Waals surface area contributed by atoms with E-state index in [-0.39, 0.29) is 23.7 Å². The van der Waals surface area contributed by atoms with Crippen LogP contribution in [-0.2, 0) is 4.79 Å². The quantitative estimate of drug-likeness (QED) is 0.689. The second-order valence-corrected chi connectivity index (χ2v) is 7.23. The topological polar surface area (TPSA) is 100 Å². The van der Waals surface area contributed by atoms with E-state index in [1.807, 2.05) is 12.1 Å². The summed E-state index contributed by atoms with van der Waals surface area (Å²) in [6.45, 7) is 1.68. The number of carbonyl (C=O) groups excluding carboxylic acids is 1. The number of nitrogens with zero attached hydrogens (tertiary/aromatic N) is 2. The van der Waals surface area contributed by atoms with Crippen LogP contribution in [0.4, 0.5) is 0 Å². The van der Waals surface area contributed by atoms with Crippen molar-refractivity contribution in [1.29, 1.82) is 0 Å². The molecule has 0 radical (unpaired) electrons. The van der Waals surface area contributed by atoms with Crippen LogP contribution in [0, 0.1) is 0 Å². The maximum Gasteiger partial charge on any atom is 0.337 e. The summed E-state index contributed by atoms with van der Waals surface area (Å²) < 4.78 is 0. The molecule has 1 saturated carbocycles. The zero-order valence-electron chi connectivity index (χ0n) is 14.3. The number of hydrogen-bond acceptors (Lipinski definition) is 5. The molecule has 1 aliphatic carbocycles. The molecule has 1 heterocycles. The molecule has 0 amide bonds. The van der Waals surface area contributed by atoms with E-state index in [1.54, 1.807) is 25.1 Å². The minimum atomic E-state index is -1.05. The van der Waals surface area contributed by atoms with E-state index in [1.165, 1.54) is 6.07 Å². The lowest BCUT2D eigenvalue weighted by Crippen LogP contribution is -2.35. The molecule has 0 spiro atoms. The number of aromatic nitrogens is 2. The fourth-order valence-corrected chi connectivity index (χ4v) is 3.91. The molecule has 0 saturated heterocycles. The van der Waals surface area contributed by atoms with E-state index < -0.39 is 11.6 Å². The van der Waals surface area contributed by atoms with E-state index in [0.29, 0.717) is 34.9 Å². The number of para-hydroxylation sites is 2. The number of aromatic carboxylic acids is 1. The van der Waals surface area contributed by atoms with Crippen LogP contribution < -0.4 is 0 Å². The highest BCUT2D eigenvalue weighted by atomic mass is 16.4. The molecule has 6 heteroatoms. The van der Waals surface area contributed by atoms with Gasteiger partial charge in [0.15, 0.2) is 0 Å². The van der Waals surface area contributed by atoms with Gasteiger partial charge >= 0.3 is 5.97 Å². The molecule has 2 N–H and O–H groups in total. The van der Waals surface area contributed by atoms with Crippen molar-refractivity contribution in [2.24, 2.45) is 0 Å². The van der Waals surface area contributed by atoms with E-state index in [0.717, 1.165) is 5.56 Å². The second-order valence-electron chi connectivity index (χ2n) is 7.23. The van der Waals surface area contributed by atoms with E-state index in [4.69, 9.17) is 0 Å². The molecule has 2 atom stereocenters. The maximum absolute atomic E-state index is 12.1. The Morgan fingerprint density at radius 2 is 1.77 bits per heavy atom. The average molecular weight is 350 g/mol. The highest BCUT2D eigenvalue weighted by Crippen LogP contribution is 2.39. The zero-order valence-corrected chi connectivity index (χ0v) is 14.3. The first kappa shape index (κ1) is 16.6. The first-order valence-electron chi connectivity index (χ1n) is 8.51. The summed E-state index contributed by atoms with van der Waals surface area (Å²) in [5.74, 6) is -1.15. The third kappa shape index (κ3) is 2.82. The molecule has 132 valence electrons. The van der Waals surface area contributed by atoms with Gasteiger partial charge in [0.1, 0.15) is 11.3 Å². The van der Waals surface area contributed by atoms with Gasteiger partial charge in [-0.25, -0.2) is 14.8 Å². The number of Topliss-reactive ketones (excluding diaryl/α,β-unsaturated/α-hetero) is 1. The van der Waals surface area contributed by atoms with Crippen LogP contribution in [0.5, 0.6) is 0 Å². The third-order valence-corrected chi connectivity index (χ3v) is 4.93. The Morgan fingerprint density at radius 3 is 2.46 bits per heavy atom. The van der Waals surface area contributed by atoms with Crippen molar-refractivity contribution in [2.75, 3.05) is 0 Å². The number of ketones is 1. The van der Waals surface area contributed by atoms with Crippen LogP contribution in [0.15, 0.2) is 36.4 Å². The minimum absolute atomic E-state index is 0.0326. The van der Waals surface area contributed by atoms with Crippen LogP contribution in [0.3, 0.4) is 0 Å². The lowest BCUT2D eigenvalue weighted by molar-refractivity contribution is -0.127. The summed E-state index contributed by atoms with van der Waals surface area (Å²) in [6.07, 6.45) is 1.02. The molecule has 1 aliphatic rings. The fraction of sp³-hybridized carbons (Fsp3) is 0.300. The van der Waals surface area contributed by atoms with Gasteiger partial charge in [-0.15, -0.1) is 0 Å². The normalized spacial score (nSPS) is 23.5. The van der Waals surface area contributed by atoms with Crippen molar-refractivity contribution in [2.45, 2.75) is 37.7 Å². The first-order valence-corrected chi connectivity index (χ1v) is 8.51. The highest BCUT2D eigenvalue weighted by molar-refractivity contribution is 6.02. The molecular formula is C20H18N2O4. The molecule has 0 aliphatic heterocycles. The van der Waals surface area contributed by atoms with Gasteiger partial charge in [-0.05, 0) is 43.0 Å². The van der Waals surface area contributed by atoms with Gasteiger partial charge in [-0.2, -0.15) is 0 Å². The van der Waals surface area contributed by atoms with Crippen molar-refractivity contribution in [1.82, 2.24) is 9.97 Å². The number of fused-ring (bicyclic) bond motifs is 2. The summed E-state index contributed by atoms with van der Waals surface area (Å²) in [6, 6.07) is 10.4. The number of hydrogen-bond donors (Lipinski definition) is 2. The molecule has 26 heavy (non-hydrogen) atoms. The zero-order chi connectivity index (χ0) is 18.5. The van der Waals surface area contributed by atoms with E-state index in [9.17, 15) is 19.8 Å². The van der Waals surface area contributed by atoms with Gasteiger partial charge in [-0.1, -0.05) is 18.2 Å². The Kier molecular flexibility index (Phi) is 3.73. The van der Waals surface area contributed by atoms with Crippen LogP contribution in [-0.4, -0.2) is 37.5 Å². The number of carboxylic acids is 1. The van der Waals surface area contributed by atoms with E-state index in [2.05, 4.69) is 9.97 Å². The first-order chi connectivity index (χ1) is 12.3. The third-order valence-electron chi connectivity index (χ3n) is 4.93. The number of rotatable bonds is 2. The van der Waals surface area contributed by atoms with Crippen molar-refractivity contribution in [3.63, 3.8) is 0 Å². The summed E-state index contributed by atoms with van der Waals surface area (Å²) in [7, 11) is 0. The fourth-order valence-electron chi connectivity index (χ4n) is 3.91. The lowest BCUT2D eigenvalue weighted by atomic mass is 9.75. The summed E-state index contributed by atoms with van der Waals surface area (Å²) >= 11 is 0. The highest BCUT2D eigenvalue weighted by Gasteiger charge is 2.36. The molecule has 0 bridgehead atoms. The van der Waals surface area contributed by atoms with Crippen LogP contribution >= 0.6 is 0 Å². The molecule has 1 fully saturated rings. The summed E-state index contributed by atoms with van der Waals surface area (Å²) in [5.41, 5.74) is 2.03. The molecular weight excluding hydrogens is 332 g/mol. The molecule has 2 unspecified atom stereocenters. The molecule has 4 rings (SSSR count). The predicted molar refractivity (Wildman–Crippen MR) is 96.2 cm³/mol. The summed E-state index contributed by atoms with van der Waals surface area (Å²) in [5, 5.41) is 19.8. The Morgan fingerprint density at radius 1 is 1.12 bits per heavy atom. The van der Waals surface area contributed by atoms with Gasteiger partial charge in [0.05, 0.1) is 27.7 Å². The Labute approximate surface area is 149 Å². The van der Waals surface area contributed by atoms with Gasteiger partial charge in [0.25, 0.3) is 0 Å². The van der Waals surface area contributed by atoms with Gasteiger partial charge in [-0.3, -0.25) is 4.79 Å². The Bertz CT molecular complexity index is 1060. The van der Waals surface area contributed by atoms with Crippen LogP contribution in [0.1, 0.15) is 48.0 Å². The van der Waals surface area contributed by atoms with E-state index >= 15 is 0 Å². The predicted octanol–water partition coefficient (Wildman–Crippen LogP) is 3.07. The van der Waals surface area contributed by atoms with Crippen LogP contribution in [0.25, 0.3) is 22.1 Å². The number of benzene rings is 2.